The third-order valence-corrected chi connectivity index (χ3v) is 5.67. The molecule has 3 heterocycles. The van der Waals surface area contributed by atoms with E-state index in [0.717, 1.165) is 37.1 Å². The maximum atomic E-state index is 12.6. The lowest BCUT2D eigenvalue weighted by Gasteiger charge is -2.49. The normalized spacial score (nSPS) is 24.8. The number of amides is 2. The predicted molar refractivity (Wildman–Crippen MR) is 95.6 cm³/mol. The summed E-state index contributed by atoms with van der Waals surface area (Å²) in [5, 5.41) is 3.66. The van der Waals surface area contributed by atoms with E-state index >= 15 is 0 Å². The summed E-state index contributed by atoms with van der Waals surface area (Å²) in [5.74, 6) is 0.193. The van der Waals surface area contributed by atoms with Gasteiger partial charge in [-0.1, -0.05) is 12.1 Å². The van der Waals surface area contributed by atoms with Gasteiger partial charge >= 0.3 is 0 Å². The van der Waals surface area contributed by atoms with Crippen LogP contribution in [-0.4, -0.2) is 54.6 Å². The van der Waals surface area contributed by atoms with Crippen molar-refractivity contribution in [3.63, 3.8) is 0 Å². The van der Waals surface area contributed by atoms with Gasteiger partial charge in [-0.2, -0.15) is 0 Å². The van der Waals surface area contributed by atoms with Gasteiger partial charge in [0.1, 0.15) is 6.10 Å². The van der Waals surface area contributed by atoms with Crippen molar-refractivity contribution in [1.29, 1.82) is 0 Å². The highest BCUT2D eigenvalue weighted by Crippen LogP contribution is 2.39. The molecule has 1 unspecified atom stereocenters. The average Bonchev–Trinajstić information content (AvgIpc) is 3.16. The number of likely N-dealkylation sites (tertiary alicyclic amines) is 1. The monoisotopic (exact) mass is 343 g/mol. The minimum atomic E-state index is -0.247. The molecule has 2 amide bonds. The van der Waals surface area contributed by atoms with Crippen molar-refractivity contribution >= 4 is 23.2 Å². The number of ether oxygens (including phenoxy) is 1. The minimum absolute atomic E-state index is 0.0613. The van der Waals surface area contributed by atoms with E-state index in [1.54, 1.807) is 6.92 Å². The van der Waals surface area contributed by atoms with E-state index in [1.165, 1.54) is 0 Å². The van der Waals surface area contributed by atoms with Gasteiger partial charge in [0.05, 0.1) is 16.9 Å². The number of carbonyl (C=O) groups excluding carboxylic acids is 2. The summed E-state index contributed by atoms with van der Waals surface area (Å²) < 4.78 is 5.54. The highest BCUT2D eigenvalue weighted by atomic mass is 16.5. The fraction of sp³-hybridized carbons (Fsp3) is 0.579. The summed E-state index contributed by atoms with van der Waals surface area (Å²) in [6.07, 6.45) is 3.24. The van der Waals surface area contributed by atoms with Crippen molar-refractivity contribution in [1.82, 2.24) is 4.90 Å². The zero-order chi connectivity index (χ0) is 17.4. The molecule has 134 valence electrons. The van der Waals surface area contributed by atoms with E-state index in [4.69, 9.17) is 4.74 Å². The van der Waals surface area contributed by atoms with Crippen LogP contribution in [0.1, 0.15) is 32.6 Å². The highest BCUT2D eigenvalue weighted by molar-refractivity contribution is 5.96. The van der Waals surface area contributed by atoms with Gasteiger partial charge in [0, 0.05) is 33.2 Å². The van der Waals surface area contributed by atoms with E-state index in [2.05, 4.69) is 5.32 Å². The molecule has 6 nitrogen and oxygen atoms in total. The van der Waals surface area contributed by atoms with Crippen molar-refractivity contribution in [2.45, 2.75) is 44.2 Å². The fourth-order valence-corrected chi connectivity index (χ4v) is 4.22. The lowest BCUT2D eigenvalue weighted by atomic mass is 9.84. The zero-order valence-corrected chi connectivity index (χ0v) is 14.7. The summed E-state index contributed by atoms with van der Waals surface area (Å²) in [6.45, 7) is 4.38. The standard InChI is InChI=1S/C19H25N3O3/c1-14(23)22-13-19(20-15-5-2-3-6-16(15)22)8-10-21(11-9-19)18(24)17-7-4-12-25-17/h2-3,5-6,17,20H,4,7-13H2,1H3. The summed E-state index contributed by atoms with van der Waals surface area (Å²) in [4.78, 5) is 28.5. The Labute approximate surface area is 148 Å². The first-order valence-electron chi connectivity index (χ1n) is 9.14. The highest BCUT2D eigenvalue weighted by Gasteiger charge is 2.42. The second-order valence-electron chi connectivity index (χ2n) is 7.35. The number of nitrogens with zero attached hydrogens (tertiary/aromatic N) is 2. The third-order valence-electron chi connectivity index (χ3n) is 5.67. The molecule has 2 fully saturated rings. The van der Waals surface area contributed by atoms with Crippen LogP contribution < -0.4 is 10.2 Å². The maximum absolute atomic E-state index is 12.6. The molecule has 25 heavy (non-hydrogen) atoms. The number of carbonyl (C=O) groups is 2. The van der Waals surface area contributed by atoms with Crippen LogP contribution in [0.2, 0.25) is 0 Å². The first-order chi connectivity index (χ1) is 12.1. The number of piperidine rings is 1. The SMILES string of the molecule is CC(=O)N1CC2(CCN(C(=O)C3CCCO3)CC2)Nc2ccccc21. The molecule has 4 rings (SSSR count). The number of hydrogen-bond acceptors (Lipinski definition) is 4. The number of para-hydroxylation sites is 2. The molecular formula is C19H25N3O3. The van der Waals surface area contributed by atoms with Gasteiger partial charge in [0.15, 0.2) is 0 Å². The molecule has 3 aliphatic rings. The van der Waals surface area contributed by atoms with Gasteiger partial charge in [-0.05, 0) is 37.8 Å². The lowest BCUT2D eigenvalue weighted by molar-refractivity contribution is -0.142. The Morgan fingerprint density at radius 2 is 2.00 bits per heavy atom. The Morgan fingerprint density at radius 1 is 1.24 bits per heavy atom. The number of anilines is 2. The number of fused-ring (bicyclic) bond motifs is 1. The van der Waals surface area contributed by atoms with Gasteiger partial charge in [-0.25, -0.2) is 0 Å². The molecule has 0 aromatic heterocycles. The van der Waals surface area contributed by atoms with E-state index in [0.29, 0.717) is 26.2 Å². The van der Waals surface area contributed by atoms with E-state index < -0.39 is 0 Å². The summed E-state index contributed by atoms with van der Waals surface area (Å²) in [7, 11) is 0. The molecular weight excluding hydrogens is 318 g/mol. The van der Waals surface area contributed by atoms with Crippen LogP contribution in [0.3, 0.4) is 0 Å². The van der Waals surface area contributed by atoms with Gasteiger partial charge in [-0.15, -0.1) is 0 Å². The molecule has 1 spiro atoms. The number of nitrogens with one attached hydrogen (secondary N) is 1. The van der Waals surface area contributed by atoms with Crippen LogP contribution >= 0.6 is 0 Å². The van der Waals surface area contributed by atoms with Crippen molar-refractivity contribution in [3.8, 4) is 0 Å². The predicted octanol–water partition coefficient (Wildman–Crippen LogP) is 2.01. The molecule has 2 saturated heterocycles. The summed E-state index contributed by atoms with van der Waals surface area (Å²) in [5.41, 5.74) is 1.79. The Morgan fingerprint density at radius 3 is 2.68 bits per heavy atom. The molecule has 1 aromatic rings. The smallest absolute Gasteiger partial charge is 0.251 e. The maximum Gasteiger partial charge on any atom is 0.251 e. The largest absolute Gasteiger partial charge is 0.376 e. The molecule has 1 N–H and O–H groups in total. The second kappa shape index (κ2) is 6.33. The first-order valence-corrected chi connectivity index (χ1v) is 9.14. The van der Waals surface area contributed by atoms with E-state index in [-0.39, 0.29) is 23.5 Å². The van der Waals surface area contributed by atoms with Crippen molar-refractivity contribution in [2.75, 3.05) is 36.5 Å². The fourth-order valence-electron chi connectivity index (χ4n) is 4.22. The van der Waals surface area contributed by atoms with Crippen LogP contribution in [0.15, 0.2) is 24.3 Å². The van der Waals surface area contributed by atoms with Crippen LogP contribution in [0.5, 0.6) is 0 Å². The third kappa shape index (κ3) is 2.99. The Balaban J connectivity index is 1.49. The Kier molecular flexibility index (Phi) is 4.15. The van der Waals surface area contributed by atoms with E-state index in [9.17, 15) is 9.59 Å². The van der Waals surface area contributed by atoms with Crippen molar-refractivity contribution < 1.29 is 14.3 Å². The van der Waals surface area contributed by atoms with Gasteiger partial charge < -0.3 is 19.9 Å². The van der Waals surface area contributed by atoms with Crippen LogP contribution in [0, 0.1) is 0 Å². The van der Waals surface area contributed by atoms with Crippen LogP contribution in [0.25, 0.3) is 0 Å². The van der Waals surface area contributed by atoms with Crippen molar-refractivity contribution in [2.24, 2.45) is 0 Å². The molecule has 1 aromatic carbocycles. The van der Waals surface area contributed by atoms with E-state index in [1.807, 2.05) is 34.1 Å². The summed E-state index contributed by atoms with van der Waals surface area (Å²) >= 11 is 0. The Hall–Kier alpha value is -2.08. The molecule has 3 aliphatic heterocycles. The average molecular weight is 343 g/mol. The van der Waals surface area contributed by atoms with Crippen molar-refractivity contribution in [3.05, 3.63) is 24.3 Å². The molecule has 0 radical (unpaired) electrons. The van der Waals surface area contributed by atoms with Crippen LogP contribution in [-0.2, 0) is 14.3 Å². The molecule has 6 heteroatoms. The molecule has 0 saturated carbocycles. The lowest BCUT2D eigenvalue weighted by Crippen LogP contribution is -2.60. The van der Waals surface area contributed by atoms with Gasteiger partial charge in [0.25, 0.3) is 5.91 Å². The number of benzene rings is 1. The molecule has 0 aliphatic carbocycles. The second-order valence-corrected chi connectivity index (χ2v) is 7.35. The minimum Gasteiger partial charge on any atom is -0.376 e. The quantitative estimate of drug-likeness (QED) is 0.847. The zero-order valence-electron chi connectivity index (χ0n) is 14.7. The van der Waals surface area contributed by atoms with Crippen LogP contribution in [0.4, 0.5) is 11.4 Å². The molecule has 0 bridgehead atoms. The first kappa shape index (κ1) is 16.4. The topological polar surface area (TPSA) is 61.9 Å². The van der Waals surface area contributed by atoms with Gasteiger partial charge in [0.2, 0.25) is 5.91 Å². The molecule has 1 atom stereocenters. The number of rotatable bonds is 1. The number of hydrogen-bond donors (Lipinski definition) is 1. The Bertz CT molecular complexity index is 676. The summed E-state index contributed by atoms with van der Waals surface area (Å²) in [6, 6.07) is 7.94. The van der Waals surface area contributed by atoms with Gasteiger partial charge in [-0.3, -0.25) is 9.59 Å².